The quantitative estimate of drug-likeness (QED) is 0.856. The van der Waals surface area contributed by atoms with Gasteiger partial charge in [0, 0.05) is 30.8 Å². The number of halogens is 1. The zero-order valence-corrected chi connectivity index (χ0v) is 15.0. The molecule has 1 saturated heterocycles. The van der Waals surface area contributed by atoms with E-state index in [0.29, 0.717) is 30.4 Å². The van der Waals surface area contributed by atoms with E-state index < -0.39 is 21.9 Å². The Hall–Kier alpha value is -2.65. The summed E-state index contributed by atoms with van der Waals surface area (Å²) in [5.41, 5.74) is 0.530. The van der Waals surface area contributed by atoms with Crippen LogP contribution < -0.4 is 19.1 Å². The highest BCUT2D eigenvalue weighted by atomic mass is 32.2. The summed E-state index contributed by atoms with van der Waals surface area (Å²) >= 11 is 0. The van der Waals surface area contributed by atoms with Crippen LogP contribution in [-0.4, -0.2) is 40.1 Å². The first-order chi connectivity index (χ1) is 12.9. The fraction of sp³-hybridized carbons (Fsp3) is 0.278. The van der Waals surface area contributed by atoms with Gasteiger partial charge in [-0.2, -0.15) is 0 Å². The molecule has 1 N–H and O–H groups in total. The second-order valence-electron chi connectivity index (χ2n) is 6.31. The summed E-state index contributed by atoms with van der Waals surface area (Å²) in [6.45, 7) is 0.947. The van der Waals surface area contributed by atoms with Crippen LogP contribution in [0.3, 0.4) is 0 Å². The molecule has 0 aliphatic carbocycles. The molecule has 2 aromatic rings. The number of fused-ring (bicyclic) bond motifs is 1. The normalized spacial score (nSPS) is 19.4. The standard InChI is InChI=1S/C18H17FN2O5S/c19-12-1-3-14(4-2-12)21-11-13(9-18(21)22)20-27(23,24)15-5-6-16-17(10-15)26-8-7-25-16/h1-6,10,13,20H,7-9,11H2/t13-/m1/s1. The van der Waals surface area contributed by atoms with Gasteiger partial charge in [0.15, 0.2) is 11.5 Å². The van der Waals surface area contributed by atoms with E-state index in [2.05, 4.69) is 4.72 Å². The van der Waals surface area contributed by atoms with Crippen molar-refractivity contribution in [3.63, 3.8) is 0 Å². The maximum atomic E-state index is 13.1. The molecular weight excluding hydrogens is 375 g/mol. The molecule has 27 heavy (non-hydrogen) atoms. The number of hydrogen-bond acceptors (Lipinski definition) is 5. The minimum Gasteiger partial charge on any atom is -0.486 e. The van der Waals surface area contributed by atoms with Gasteiger partial charge in [-0.15, -0.1) is 0 Å². The highest BCUT2D eigenvalue weighted by Crippen LogP contribution is 2.32. The lowest BCUT2D eigenvalue weighted by atomic mass is 10.3. The average molecular weight is 392 g/mol. The number of ether oxygens (including phenoxy) is 2. The first kappa shape index (κ1) is 17.7. The Bertz CT molecular complexity index is 978. The van der Waals surface area contributed by atoms with E-state index in [-0.39, 0.29) is 23.8 Å². The molecule has 9 heteroatoms. The van der Waals surface area contributed by atoms with Crippen molar-refractivity contribution in [2.24, 2.45) is 0 Å². The third kappa shape index (κ3) is 3.60. The van der Waals surface area contributed by atoms with Crippen LogP contribution in [0.1, 0.15) is 6.42 Å². The molecular formula is C18H17FN2O5S. The Morgan fingerprint density at radius 3 is 2.48 bits per heavy atom. The Kier molecular flexibility index (Phi) is 4.48. The molecule has 4 rings (SSSR count). The molecule has 0 unspecified atom stereocenters. The Labute approximate surface area is 155 Å². The van der Waals surface area contributed by atoms with Crippen LogP contribution in [0.4, 0.5) is 10.1 Å². The van der Waals surface area contributed by atoms with Crippen LogP contribution in [0.5, 0.6) is 11.5 Å². The number of nitrogens with one attached hydrogen (secondary N) is 1. The third-order valence-corrected chi connectivity index (χ3v) is 5.93. The number of rotatable bonds is 4. The Morgan fingerprint density at radius 2 is 1.74 bits per heavy atom. The summed E-state index contributed by atoms with van der Waals surface area (Å²) in [4.78, 5) is 13.7. The topological polar surface area (TPSA) is 84.9 Å². The van der Waals surface area contributed by atoms with E-state index in [1.807, 2.05) is 0 Å². The molecule has 142 valence electrons. The van der Waals surface area contributed by atoms with Gasteiger partial charge < -0.3 is 14.4 Å². The molecule has 0 radical (unpaired) electrons. The lowest BCUT2D eigenvalue weighted by molar-refractivity contribution is -0.117. The van der Waals surface area contributed by atoms with E-state index in [0.717, 1.165) is 0 Å². The fourth-order valence-electron chi connectivity index (χ4n) is 3.14. The molecule has 1 fully saturated rings. The minimum atomic E-state index is -3.84. The Balaban J connectivity index is 1.50. The molecule has 1 atom stereocenters. The van der Waals surface area contributed by atoms with Crippen LogP contribution in [0.25, 0.3) is 0 Å². The average Bonchev–Trinajstić information content (AvgIpc) is 3.01. The van der Waals surface area contributed by atoms with Crippen LogP contribution >= 0.6 is 0 Å². The maximum absolute atomic E-state index is 13.1. The van der Waals surface area contributed by atoms with Gasteiger partial charge in [-0.1, -0.05) is 0 Å². The van der Waals surface area contributed by atoms with E-state index in [9.17, 15) is 17.6 Å². The predicted octanol–water partition coefficient (Wildman–Crippen LogP) is 1.68. The SMILES string of the molecule is O=C1C[C@@H](NS(=O)(=O)c2ccc3c(c2)OCCO3)CN1c1ccc(F)cc1. The second kappa shape index (κ2) is 6.82. The van der Waals surface area contributed by atoms with Crippen molar-refractivity contribution in [3.05, 3.63) is 48.3 Å². The van der Waals surface area contributed by atoms with Gasteiger partial charge in [0.2, 0.25) is 15.9 Å². The number of carbonyl (C=O) groups excluding carboxylic acids is 1. The lowest BCUT2D eigenvalue weighted by Gasteiger charge is -2.20. The van der Waals surface area contributed by atoms with Crippen molar-refractivity contribution in [2.75, 3.05) is 24.7 Å². The number of nitrogens with zero attached hydrogens (tertiary/aromatic N) is 1. The van der Waals surface area contributed by atoms with Gasteiger partial charge in [-0.05, 0) is 36.4 Å². The first-order valence-electron chi connectivity index (χ1n) is 8.40. The number of amides is 1. The smallest absolute Gasteiger partial charge is 0.241 e. The number of hydrogen-bond donors (Lipinski definition) is 1. The van der Waals surface area contributed by atoms with E-state index in [4.69, 9.17) is 9.47 Å². The van der Waals surface area contributed by atoms with Crippen molar-refractivity contribution >= 4 is 21.6 Å². The fourth-order valence-corrected chi connectivity index (χ4v) is 4.38. The lowest BCUT2D eigenvalue weighted by Crippen LogP contribution is -2.37. The summed E-state index contributed by atoms with van der Waals surface area (Å²) in [5, 5.41) is 0. The highest BCUT2D eigenvalue weighted by molar-refractivity contribution is 7.89. The summed E-state index contributed by atoms with van der Waals surface area (Å²) in [7, 11) is -3.84. The zero-order chi connectivity index (χ0) is 19.0. The van der Waals surface area contributed by atoms with Gasteiger partial charge in [0.05, 0.1) is 4.90 Å². The molecule has 0 spiro atoms. The number of carbonyl (C=O) groups is 1. The molecule has 2 aliphatic heterocycles. The van der Waals surface area contributed by atoms with Crippen LogP contribution in [0.15, 0.2) is 47.4 Å². The van der Waals surface area contributed by atoms with Crippen molar-refractivity contribution < 1.29 is 27.1 Å². The molecule has 2 aromatic carbocycles. The minimum absolute atomic E-state index is 0.0289. The predicted molar refractivity (Wildman–Crippen MR) is 94.9 cm³/mol. The van der Waals surface area contributed by atoms with E-state index in [1.165, 1.54) is 41.3 Å². The Morgan fingerprint density at radius 1 is 1.04 bits per heavy atom. The maximum Gasteiger partial charge on any atom is 0.241 e. The van der Waals surface area contributed by atoms with Crippen LogP contribution in [0, 0.1) is 5.82 Å². The van der Waals surface area contributed by atoms with E-state index >= 15 is 0 Å². The molecule has 2 aliphatic rings. The van der Waals surface area contributed by atoms with Crippen molar-refractivity contribution in [2.45, 2.75) is 17.4 Å². The summed E-state index contributed by atoms with van der Waals surface area (Å²) in [6, 6.07) is 9.31. The second-order valence-corrected chi connectivity index (χ2v) is 8.02. The molecule has 2 heterocycles. The molecule has 0 aromatic heterocycles. The van der Waals surface area contributed by atoms with Gasteiger partial charge in [-0.25, -0.2) is 17.5 Å². The monoisotopic (exact) mass is 392 g/mol. The number of benzene rings is 2. The van der Waals surface area contributed by atoms with Crippen molar-refractivity contribution in [1.29, 1.82) is 0 Å². The van der Waals surface area contributed by atoms with Gasteiger partial charge in [0.1, 0.15) is 19.0 Å². The third-order valence-electron chi connectivity index (χ3n) is 4.41. The summed E-state index contributed by atoms with van der Waals surface area (Å²) in [5.74, 6) is 0.246. The van der Waals surface area contributed by atoms with Gasteiger partial charge in [-0.3, -0.25) is 4.79 Å². The number of anilines is 1. The largest absolute Gasteiger partial charge is 0.486 e. The van der Waals surface area contributed by atoms with Crippen molar-refractivity contribution in [1.82, 2.24) is 4.72 Å². The number of sulfonamides is 1. The van der Waals surface area contributed by atoms with E-state index in [1.54, 1.807) is 6.07 Å². The van der Waals surface area contributed by atoms with Gasteiger partial charge >= 0.3 is 0 Å². The summed E-state index contributed by atoms with van der Waals surface area (Å²) in [6.07, 6.45) is 0.0289. The zero-order valence-electron chi connectivity index (χ0n) is 14.2. The summed E-state index contributed by atoms with van der Waals surface area (Å²) < 4.78 is 51.8. The van der Waals surface area contributed by atoms with Crippen molar-refractivity contribution in [3.8, 4) is 11.5 Å². The molecule has 1 amide bonds. The highest BCUT2D eigenvalue weighted by Gasteiger charge is 2.34. The molecule has 0 saturated carbocycles. The molecule has 0 bridgehead atoms. The first-order valence-corrected chi connectivity index (χ1v) is 9.89. The molecule has 7 nitrogen and oxygen atoms in total. The van der Waals surface area contributed by atoms with Crippen LogP contribution in [-0.2, 0) is 14.8 Å². The van der Waals surface area contributed by atoms with Crippen LogP contribution in [0.2, 0.25) is 0 Å². The van der Waals surface area contributed by atoms with Gasteiger partial charge in [0.25, 0.3) is 0 Å².